The van der Waals surface area contributed by atoms with Gasteiger partial charge in [-0.15, -0.1) is 0 Å². The summed E-state index contributed by atoms with van der Waals surface area (Å²) < 4.78 is 33.3. The zero-order valence-corrected chi connectivity index (χ0v) is 20.3. The monoisotopic (exact) mass is 506 g/mol. The standard InChI is InChI=1S/C24H24Cl2N2O4S/c1-18-7-9-23(10-8-18)33(30,31)28(22-14-20(25)13-21(26)15-22)16-24(29)27-11-12-32-17-19-5-3-2-4-6-19/h2-10,13-15H,11-12,16-17H2,1H3,(H,27,29). The van der Waals surface area contributed by atoms with E-state index < -0.39 is 22.5 Å². The van der Waals surface area contributed by atoms with Crippen LogP contribution in [-0.2, 0) is 26.2 Å². The number of nitrogens with one attached hydrogen (secondary N) is 1. The summed E-state index contributed by atoms with van der Waals surface area (Å²) in [6, 6.07) is 20.5. The first-order valence-electron chi connectivity index (χ1n) is 10.2. The molecule has 0 aliphatic heterocycles. The van der Waals surface area contributed by atoms with Gasteiger partial charge in [0.15, 0.2) is 0 Å². The zero-order valence-electron chi connectivity index (χ0n) is 18.0. The number of ether oxygens (including phenoxy) is 1. The van der Waals surface area contributed by atoms with Crippen LogP contribution in [0.15, 0.2) is 77.7 Å². The number of amides is 1. The number of aryl methyl sites for hydroxylation is 1. The molecule has 0 saturated carbocycles. The van der Waals surface area contributed by atoms with Crippen LogP contribution in [0.5, 0.6) is 0 Å². The van der Waals surface area contributed by atoms with Crippen LogP contribution in [0.3, 0.4) is 0 Å². The Morgan fingerprint density at radius 2 is 1.61 bits per heavy atom. The van der Waals surface area contributed by atoms with Gasteiger partial charge in [0, 0.05) is 16.6 Å². The maximum absolute atomic E-state index is 13.4. The van der Waals surface area contributed by atoms with Crippen LogP contribution in [0, 0.1) is 6.92 Å². The lowest BCUT2D eigenvalue weighted by atomic mass is 10.2. The summed E-state index contributed by atoms with van der Waals surface area (Å²) >= 11 is 12.2. The predicted molar refractivity (Wildman–Crippen MR) is 131 cm³/mol. The van der Waals surface area contributed by atoms with Crippen molar-refractivity contribution in [3.63, 3.8) is 0 Å². The molecule has 3 aromatic carbocycles. The Morgan fingerprint density at radius 1 is 0.970 bits per heavy atom. The third-order valence-electron chi connectivity index (χ3n) is 4.71. The van der Waals surface area contributed by atoms with Gasteiger partial charge in [-0.1, -0.05) is 71.2 Å². The van der Waals surface area contributed by atoms with E-state index in [1.165, 1.54) is 30.3 Å². The number of carbonyl (C=O) groups is 1. The Bertz CT molecular complexity index is 1170. The van der Waals surface area contributed by atoms with E-state index in [2.05, 4.69) is 5.32 Å². The van der Waals surface area contributed by atoms with Gasteiger partial charge in [-0.25, -0.2) is 8.42 Å². The molecule has 9 heteroatoms. The van der Waals surface area contributed by atoms with E-state index >= 15 is 0 Å². The number of benzene rings is 3. The van der Waals surface area contributed by atoms with Gasteiger partial charge < -0.3 is 10.1 Å². The first-order valence-corrected chi connectivity index (χ1v) is 12.4. The minimum Gasteiger partial charge on any atom is -0.375 e. The Morgan fingerprint density at radius 3 is 2.24 bits per heavy atom. The number of anilines is 1. The van der Waals surface area contributed by atoms with Gasteiger partial charge in [-0.2, -0.15) is 0 Å². The minimum absolute atomic E-state index is 0.0585. The SMILES string of the molecule is Cc1ccc(S(=O)(=O)N(CC(=O)NCCOCc2ccccc2)c2cc(Cl)cc(Cl)c2)cc1. The molecule has 0 atom stereocenters. The van der Waals surface area contributed by atoms with Gasteiger partial charge in [0.2, 0.25) is 5.91 Å². The number of sulfonamides is 1. The molecule has 0 bridgehead atoms. The molecule has 33 heavy (non-hydrogen) atoms. The van der Waals surface area contributed by atoms with E-state index in [1.807, 2.05) is 37.3 Å². The molecule has 0 radical (unpaired) electrons. The van der Waals surface area contributed by atoms with Crippen LogP contribution < -0.4 is 9.62 Å². The average molecular weight is 507 g/mol. The summed E-state index contributed by atoms with van der Waals surface area (Å²) in [6.45, 7) is 2.37. The van der Waals surface area contributed by atoms with Crippen molar-refractivity contribution in [3.8, 4) is 0 Å². The number of carbonyl (C=O) groups excluding carboxylic acids is 1. The molecule has 0 unspecified atom stereocenters. The van der Waals surface area contributed by atoms with Crippen molar-refractivity contribution in [2.75, 3.05) is 24.0 Å². The Hall–Kier alpha value is -2.58. The molecular weight excluding hydrogens is 483 g/mol. The number of rotatable bonds is 10. The smallest absolute Gasteiger partial charge is 0.264 e. The topological polar surface area (TPSA) is 75.7 Å². The maximum atomic E-state index is 13.4. The molecular formula is C24H24Cl2N2O4S. The molecule has 0 aromatic heterocycles. The predicted octanol–water partition coefficient (Wildman–Crippen LogP) is 4.83. The molecule has 0 fully saturated rings. The van der Waals surface area contributed by atoms with Crippen LogP contribution in [0.2, 0.25) is 10.0 Å². The quantitative estimate of drug-likeness (QED) is 0.399. The molecule has 3 aromatic rings. The molecule has 1 N–H and O–H groups in total. The molecule has 174 valence electrons. The lowest BCUT2D eigenvalue weighted by Gasteiger charge is -2.24. The van der Waals surface area contributed by atoms with E-state index in [0.29, 0.717) is 6.61 Å². The molecule has 0 spiro atoms. The Kier molecular flexibility index (Phi) is 8.74. The molecule has 3 rings (SSSR count). The Balaban J connectivity index is 1.70. The van der Waals surface area contributed by atoms with Crippen LogP contribution in [0.1, 0.15) is 11.1 Å². The lowest BCUT2D eigenvalue weighted by molar-refractivity contribution is -0.119. The third-order valence-corrected chi connectivity index (χ3v) is 6.94. The second-order valence-electron chi connectivity index (χ2n) is 7.34. The van der Waals surface area contributed by atoms with Crippen molar-refractivity contribution < 1.29 is 17.9 Å². The zero-order chi connectivity index (χ0) is 23.8. The molecule has 1 amide bonds. The highest BCUT2D eigenvalue weighted by molar-refractivity contribution is 7.92. The average Bonchev–Trinajstić information content (AvgIpc) is 2.77. The molecule has 0 saturated heterocycles. The van der Waals surface area contributed by atoms with E-state index in [9.17, 15) is 13.2 Å². The number of nitrogens with zero attached hydrogens (tertiary/aromatic N) is 1. The highest BCUT2D eigenvalue weighted by Gasteiger charge is 2.27. The van der Waals surface area contributed by atoms with Crippen LogP contribution in [0.25, 0.3) is 0 Å². The van der Waals surface area contributed by atoms with Crippen molar-refractivity contribution in [1.82, 2.24) is 5.32 Å². The fourth-order valence-electron chi connectivity index (χ4n) is 3.05. The fraction of sp³-hybridized carbons (Fsp3) is 0.208. The highest BCUT2D eigenvalue weighted by atomic mass is 35.5. The van der Waals surface area contributed by atoms with E-state index in [-0.39, 0.29) is 33.8 Å². The van der Waals surface area contributed by atoms with Gasteiger partial charge in [-0.05, 0) is 42.8 Å². The van der Waals surface area contributed by atoms with Crippen molar-refractivity contribution in [2.24, 2.45) is 0 Å². The van der Waals surface area contributed by atoms with Crippen molar-refractivity contribution >= 4 is 44.8 Å². The first kappa shape index (κ1) is 25.1. The van der Waals surface area contributed by atoms with Gasteiger partial charge in [-0.3, -0.25) is 9.10 Å². The summed E-state index contributed by atoms with van der Waals surface area (Å²) in [7, 11) is -4.05. The summed E-state index contributed by atoms with van der Waals surface area (Å²) in [5.74, 6) is -0.481. The van der Waals surface area contributed by atoms with Gasteiger partial charge >= 0.3 is 0 Å². The van der Waals surface area contributed by atoms with Crippen molar-refractivity contribution in [1.29, 1.82) is 0 Å². The normalized spacial score (nSPS) is 11.2. The molecule has 0 aliphatic carbocycles. The maximum Gasteiger partial charge on any atom is 0.264 e. The van der Waals surface area contributed by atoms with Crippen LogP contribution in [-0.4, -0.2) is 34.0 Å². The summed E-state index contributed by atoms with van der Waals surface area (Å²) in [6.07, 6.45) is 0. The summed E-state index contributed by atoms with van der Waals surface area (Å²) in [5, 5.41) is 3.22. The second kappa shape index (κ2) is 11.5. The highest BCUT2D eigenvalue weighted by Crippen LogP contribution is 2.29. The largest absolute Gasteiger partial charge is 0.375 e. The minimum atomic E-state index is -4.05. The van der Waals surface area contributed by atoms with Crippen molar-refractivity contribution in [2.45, 2.75) is 18.4 Å². The van der Waals surface area contributed by atoms with Gasteiger partial charge in [0.05, 0.1) is 23.8 Å². The van der Waals surface area contributed by atoms with Crippen molar-refractivity contribution in [3.05, 3.63) is 94.0 Å². The van der Waals surface area contributed by atoms with Gasteiger partial charge in [0.1, 0.15) is 6.54 Å². The van der Waals surface area contributed by atoms with Crippen LogP contribution in [0.4, 0.5) is 5.69 Å². The van der Waals surface area contributed by atoms with Gasteiger partial charge in [0.25, 0.3) is 10.0 Å². The number of halogens is 2. The number of hydrogen-bond acceptors (Lipinski definition) is 4. The summed E-state index contributed by atoms with van der Waals surface area (Å²) in [5.41, 5.74) is 2.14. The third kappa shape index (κ3) is 7.20. The summed E-state index contributed by atoms with van der Waals surface area (Å²) in [4.78, 5) is 12.7. The molecule has 6 nitrogen and oxygen atoms in total. The molecule has 0 aliphatic rings. The fourth-order valence-corrected chi connectivity index (χ4v) is 4.97. The second-order valence-corrected chi connectivity index (χ2v) is 10.1. The van der Waals surface area contributed by atoms with E-state index in [4.69, 9.17) is 27.9 Å². The van der Waals surface area contributed by atoms with Crippen LogP contribution >= 0.6 is 23.2 Å². The molecule has 0 heterocycles. The van der Waals surface area contributed by atoms with E-state index in [1.54, 1.807) is 12.1 Å². The first-order chi connectivity index (χ1) is 15.8. The lowest BCUT2D eigenvalue weighted by Crippen LogP contribution is -2.41. The number of hydrogen-bond donors (Lipinski definition) is 1. The Labute approximate surface area is 204 Å². The van der Waals surface area contributed by atoms with E-state index in [0.717, 1.165) is 15.4 Å².